The molecule has 1 heterocycles. The van der Waals surface area contributed by atoms with E-state index >= 15 is 0 Å². The molecule has 0 saturated heterocycles. The lowest BCUT2D eigenvalue weighted by Crippen LogP contribution is -1.98. The second-order valence-corrected chi connectivity index (χ2v) is 3.14. The number of rotatable bonds is 0. The number of nitrogens with zero attached hydrogens (tertiary/aromatic N) is 2. The third-order valence-corrected chi connectivity index (χ3v) is 2.10. The Labute approximate surface area is 57.9 Å². The molecule has 0 saturated carbocycles. The minimum Gasteiger partial charge on any atom is -0.410 e. The Morgan fingerprint density at radius 3 is 2.67 bits per heavy atom. The average Bonchev–Trinajstić information content (AvgIpc) is 2.10. The van der Waals surface area contributed by atoms with Gasteiger partial charge in [-0.05, 0) is 13.8 Å². The smallest absolute Gasteiger partial charge is 0.158 e. The molecule has 0 aromatic carbocycles. The van der Waals surface area contributed by atoms with Crippen molar-refractivity contribution in [3.05, 3.63) is 0 Å². The van der Waals surface area contributed by atoms with Crippen molar-refractivity contribution in [2.45, 2.75) is 19.2 Å². The highest BCUT2D eigenvalue weighted by Crippen LogP contribution is 2.21. The normalized spacial score (nSPS) is 31.1. The summed E-state index contributed by atoms with van der Waals surface area (Å²) in [5, 5.41) is 12.3. The second-order valence-electron chi connectivity index (χ2n) is 1.84. The first-order valence-electron chi connectivity index (χ1n) is 2.67. The molecule has 0 bridgehead atoms. The Bertz CT molecular complexity index is 176. The molecule has 0 aromatic heterocycles. The molecule has 1 atom stereocenters. The Morgan fingerprint density at radius 2 is 2.44 bits per heavy atom. The van der Waals surface area contributed by atoms with Crippen LogP contribution in [0.4, 0.5) is 0 Å². The largest absolute Gasteiger partial charge is 0.410 e. The van der Waals surface area contributed by atoms with Gasteiger partial charge in [0.25, 0.3) is 0 Å². The molecule has 0 aliphatic carbocycles. The van der Waals surface area contributed by atoms with Crippen molar-refractivity contribution in [2.75, 3.05) is 0 Å². The predicted octanol–water partition coefficient (Wildman–Crippen LogP) is 1.33. The summed E-state index contributed by atoms with van der Waals surface area (Å²) in [5.74, 6) is 0. The van der Waals surface area contributed by atoms with Gasteiger partial charge < -0.3 is 5.21 Å². The zero-order valence-corrected chi connectivity index (χ0v) is 6.14. The molecular formula is C5H8N2OS. The van der Waals surface area contributed by atoms with Crippen LogP contribution < -0.4 is 0 Å². The first-order chi connectivity index (χ1) is 4.24. The summed E-state index contributed by atoms with van der Waals surface area (Å²) >= 11 is 1.47. The van der Waals surface area contributed by atoms with E-state index in [1.807, 2.05) is 13.8 Å². The summed E-state index contributed by atoms with van der Waals surface area (Å²) < 4.78 is 0. The fourth-order valence-electron chi connectivity index (χ4n) is 0.697. The van der Waals surface area contributed by atoms with Crippen molar-refractivity contribution < 1.29 is 5.21 Å². The molecule has 3 nitrogen and oxygen atoms in total. The molecule has 0 fully saturated rings. The fourth-order valence-corrected chi connectivity index (χ4v) is 1.50. The lowest BCUT2D eigenvalue weighted by Gasteiger charge is -1.90. The van der Waals surface area contributed by atoms with Gasteiger partial charge in [0.1, 0.15) is 0 Å². The lowest BCUT2D eigenvalue weighted by molar-refractivity contribution is 0.321. The highest BCUT2D eigenvalue weighted by atomic mass is 32.2. The van der Waals surface area contributed by atoms with E-state index < -0.39 is 0 Å². The molecule has 0 amide bonds. The molecule has 0 radical (unpaired) electrons. The number of hydrogen-bond acceptors (Lipinski definition) is 4. The van der Waals surface area contributed by atoms with E-state index in [4.69, 9.17) is 5.21 Å². The van der Waals surface area contributed by atoms with Crippen LogP contribution in [0, 0.1) is 0 Å². The minimum absolute atomic E-state index is 0.218. The van der Waals surface area contributed by atoms with Gasteiger partial charge in [-0.25, -0.2) is 0 Å². The average molecular weight is 144 g/mol. The molecule has 1 aliphatic heterocycles. The lowest BCUT2D eigenvalue weighted by atomic mass is 10.5. The SMILES string of the molecule is CC1=NC(C)SC1=NO. The van der Waals surface area contributed by atoms with Gasteiger partial charge in [0.05, 0.1) is 11.1 Å². The van der Waals surface area contributed by atoms with E-state index in [2.05, 4.69) is 10.1 Å². The van der Waals surface area contributed by atoms with Crippen LogP contribution in [0.3, 0.4) is 0 Å². The van der Waals surface area contributed by atoms with Crippen molar-refractivity contribution in [1.82, 2.24) is 0 Å². The van der Waals surface area contributed by atoms with Crippen LogP contribution in [0.1, 0.15) is 13.8 Å². The van der Waals surface area contributed by atoms with Crippen LogP contribution in [-0.2, 0) is 0 Å². The summed E-state index contributed by atoms with van der Waals surface area (Å²) in [7, 11) is 0. The zero-order chi connectivity index (χ0) is 6.85. The predicted molar refractivity (Wildman–Crippen MR) is 39.4 cm³/mol. The third kappa shape index (κ3) is 1.24. The van der Waals surface area contributed by atoms with Crippen LogP contribution in [-0.4, -0.2) is 21.3 Å². The van der Waals surface area contributed by atoms with E-state index in [1.165, 1.54) is 11.8 Å². The summed E-state index contributed by atoms with van der Waals surface area (Å²) in [6, 6.07) is 0. The molecule has 1 rings (SSSR count). The molecule has 50 valence electrons. The van der Waals surface area contributed by atoms with Crippen LogP contribution in [0.25, 0.3) is 0 Å². The van der Waals surface area contributed by atoms with E-state index in [0.29, 0.717) is 5.04 Å². The maximum absolute atomic E-state index is 8.34. The van der Waals surface area contributed by atoms with Crippen molar-refractivity contribution >= 4 is 22.5 Å². The first-order valence-corrected chi connectivity index (χ1v) is 3.55. The summed E-state index contributed by atoms with van der Waals surface area (Å²) in [4.78, 5) is 4.13. The highest BCUT2D eigenvalue weighted by Gasteiger charge is 2.17. The first kappa shape index (κ1) is 6.61. The van der Waals surface area contributed by atoms with E-state index in [9.17, 15) is 0 Å². The quantitative estimate of drug-likeness (QED) is 0.411. The Balaban J connectivity index is 2.76. The molecule has 4 heteroatoms. The standard InChI is InChI=1S/C5H8N2OS/c1-3-5(7-8)9-4(2)6-3/h4,8H,1-2H3. The highest BCUT2D eigenvalue weighted by molar-refractivity contribution is 8.16. The van der Waals surface area contributed by atoms with Crippen molar-refractivity contribution in [1.29, 1.82) is 0 Å². The maximum atomic E-state index is 8.34. The molecule has 9 heavy (non-hydrogen) atoms. The summed E-state index contributed by atoms with van der Waals surface area (Å²) in [6.07, 6.45) is 0. The molecule has 1 aliphatic rings. The number of aliphatic imine (C=N–C) groups is 1. The van der Waals surface area contributed by atoms with Crippen LogP contribution in [0.2, 0.25) is 0 Å². The van der Waals surface area contributed by atoms with Crippen molar-refractivity contribution in [2.24, 2.45) is 10.1 Å². The number of oxime groups is 1. The van der Waals surface area contributed by atoms with Gasteiger partial charge >= 0.3 is 0 Å². The topological polar surface area (TPSA) is 45.0 Å². The Kier molecular flexibility index (Phi) is 1.75. The molecule has 0 spiro atoms. The second kappa shape index (κ2) is 2.39. The van der Waals surface area contributed by atoms with Crippen molar-refractivity contribution in [3.8, 4) is 0 Å². The minimum atomic E-state index is 0.218. The van der Waals surface area contributed by atoms with Gasteiger partial charge in [-0.3, -0.25) is 4.99 Å². The van der Waals surface area contributed by atoms with E-state index in [1.54, 1.807) is 0 Å². The van der Waals surface area contributed by atoms with Crippen molar-refractivity contribution in [3.63, 3.8) is 0 Å². The van der Waals surface area contributed by atoms with Crippen LogP contribution in [0.5, 0.6) is 0 Å². The van der Waals surface area contributed by atoms with Gasteiger partial charge in [0.15, 0.2) is 5.04 Å². The Hall–Kier alpha value is -0.510. The van der Waals surface area contributed by atoms with Gasteiger partial charge in [0.2, 0.25) is 0 Å². The number of hydrogen-bond donors (Lipinski definition) is 1. The van der Waals surface area contributed by atoms with E-state index in [-0.39, 0.29) is 5.37 Å². The molecular weight excluding hydrogens is 136 g/mol. The van der Waals surface area contributed by atoms with Crippen LogP contribution >= 0.6 is 11.8 Å². The monoisotopic (exact) mass is 144 g/mol. The third-order valence-electron chi connectivity index (χ3n) is 1.06. The fraction of sp³-hybridized carbons (Fsp3) is 0.600. The molecule has 0 aromatic rings. The van der Waals surface area contributed by atoms with Gasteiger partial charge in [0, 0.05) is 0 Å². The Morgan fingerprint density at radius 1 is 1.78 bits per heavy atom. The molecule has 1 N–H and O–H groups in total. The van der Waals surface area contributed by atoms with Gasteiger partial charge in [-0.2, -0.15) is 0 Å². The van der Waals surface area contributed by atoms with Crippen LogP contribution in [0.15, 0.2) is 10.1 Å². The maximum Gasteiger partial charge on any atom is 0.158 e. The van der Waals surface area contributed by atoms with Gasteiger partial charge in [-0.1, -0.05) is 16.9 Å². The summed E-state index contributed by atoms with van der Waals surface area (Å²) in [6.45, 7) is 3.80. The number of thioether (sulfide) groups is 1. The van der Waals surface area contributed by atoms with E-state index in [0.717, 1.165) is 5.71 Å². The zero-order valence-electron chi connectivity index (χ0n) is 5.33. The molecule has 1 unspecified atom stereocenters. The summed E-state index contributed by atoms with van der Waals surface area (Å²) in [5.41, 5.74) is 0.829. The van der Waals surface area contributed by atoms with Gasteiger partial charge in [-0.15, -0.1) is 0 Å².